The van der Waals surface area contributed by atoms with Crippen LogP contribution in [0.3, 0.4) is 0 Å². The minimum absolute atomic E-state index is 0.138. The Morgan fingerprint density at radius 2 is 1.58 bits per heavy atom. The van der Waals surface area contributed by atoms with Gasteiger partial charge >= 0.3 is 0 Å². The van der Waals surface area contributed by atoms with Gasteiger partial charge in [-0.05, 0) is 47.9 Å². The summed E-state index contributed by atoms with van der Waals surface area (Å²) in [4.78, 5) is 12.6. The van der Waals surface area contributed by atoms with Gasteiger partial charge in [0.2, 0.25) is 0 Å². The normalized spacial score (nSPS) is 14.4. The average Bonchev–Trinajstić information content (AvgIpc) is 2.44. The summed E-state index contributed by atoms with van der Waals surface area (Å²) in [5.74, 6) is 0.138. The number of benzene rings is 2. The molecule has 1 heteroatoms. The molecular weight excluding hydrogens is 232 g/mol. The van der Waals surface area contributed by atoms with Gasteiger partial charge in [-0.25, -0.2) is 0 Å². The molecule has 0 N–H and O–H groups in total. The Kier molecular flexibility index (Phi) is 2.63. The first kappa shape index (κ1) is 11.9. The van der Waals surface area contributed by atoms with Gasteiger partial charge in [-0.3, -0.25) is 4.79 Å². The summed E-state index contributed by atoms with van der Waals surface area (Å²) in [6, 6.07) is 11.9. The van der Waals surface area contributed by atoms with Gasteiger partial charge in [-0.1, -0.05) is 42.5 Å². The van der Waals surface area contributed by atoms with Crippen LogP contribution in [0.2, 0.25) is 0 Å². The molecule has 0 aromatic heterocycles. The number of rotatable bonds is 0. The Balaban J connectivity index is 2.60. The van der Waals surface area contributed by atoms with Crippen LogP contribution in [0.1, 0.15) is 40.9 Å². The topological polar surface area (TPSA) is 17.1 Å². The van der Waals surface area contributed by atoms with Crippen molar-refractivity contribution in [1.82, 2.24) is 0 Å². The van der Waals surface area contributed by atoms with Gasteiger partial charge in [0.25, 0.3) is 0 Å². The highest BCUT2D eigenvalue weighted by molar-refractivity contribution is 6.14. The van der Waals surface area contributed by atoms with Crippen molar-refractivity contribution < 1.29 is 4.79 Å². The van der Waals surface area contributed by atoms with Crippen molar-refractivity contribution in [2.45, 2.75) is 20.8 Å². The number of ketones is 1. The van der Waals surface area contributed by atoms with Crippen LogP contribution in [0, 0.1) is 6.92 Å². The quantitative estimate of drug-likeness (QED) is 0.700. The number of carbonyl (C=O) groups is 1. The lowest BCUT2D eigenvalue weighted by Crippen LogP contribution is -2.37. The standard InChI is InChI=1S/C18H16O/c1-4-13-11(2)9-10-16-17(13)12(3)14-7-5-6-8-15(14)18(16)19/h4-10H,1-3H3/b13-4-. The fraction of sp³-hybridized carbons (Fsp3) is 0.167. The summed E-state index contributed by atoms with van der Waals surface area (Å²) in [5.41, 5.74) is 5.12. The van der Waals surface area contributed by atoms with Gasteiger partial charge in [0, 0.05) is 11.1 Å². The second kappa shape index (κ2) is 4.20. The van der Waals surface area contributed by atoms with Gasteiger partial charge in [0.1, 0.15) is 0 Å². The fourth-order valence-corrected chi connectivity index (χ4v) is 2.98. The van der Waals surface area contributed by atoms with Crippen molar-refractivity contribution in [3.8, 4) is 0 Å². The van der Waals surface area contributed by atoms with Crippen LogP contribution in [0.15, 0.2) is 36.4 Å². The highest BCUT2D eigenvalue weighted by atomic mass is 16.1. The van der Waals surface area contributed by atoms with E-state index >= 15 is 0 Å². The summed E-state index contributed by atoms with van der Waals surface area (Å²) in [7, 11) is 0. The summed E-state index contributed by atoms with van der Waals surface area (Å²) in [6.07, 6.45) is 2.10. The molecule has 0 saturated heterocycles. The molecule has 1 nitrogen and oxygen atoms in total. The van der Waals surface area contributed by atoms with E-state index in [1.54, 1.807) is 0 Å². The molecule has 3 rings (SSSR count). The summed E-state index contributed by atoms with van der Waals surface area (Å²) >= 11 is 0. The molecule has 2 aromatic rings. The smallest absolute Gasteiger partial charge is 0.194 e. The highest BCUT2D eigenvalue weighted by Crippen LogP contribution is 2.22. The third-order valence-corrected chi connectivity index (χ3v) is 3.95. The van der Waals surface area contributed by atoms with Gasteiger partial charge in [-0.2, -0.15) is 0 Å². The van der Waals surface area contributed by atoms with Gasteiger partial charge in [0.05, 0.1) is 0 Å². The van der Waals surface area contributed by atoms with Crippen LogP contribution in [0.5, 0.6) is 0 Å². The average molecular weight is 248 g/mol. The summed E-state index contributed by atoms with van der Waals surface area (Å²) in [5, 5.41) is 2.28. The molecule has 0 unspecified atom stereocenters. The van der Waals surface area contributed by atoms with Crippen molar-refractivity contribution in [3.63, 3.8) is 0 Å². The minimum Gasteiger partial charge on any atom is -0.289 e. The van der Waals surface area contributed by atoms with E-state index in [4.69, 9.17) is 0 Å². The van der Waals surface area contributed by atoms with E-state index in [9.17, 15) is 4.79 Å². The Labute approximate surface area is 112 Å². The van der Waals surface area contributed by atoms with Gasteiger partial charge in [-0.15, -0.1) is 0 Å². The van der Waals surface area contributed by atoms with Gasteiger partial charge in [0.15, 0.2) is 5.78 Å². The van der Waals surface area contributed by atoms with Crippen LogP contribution >= 0.6 is 0 Å². The molecule has 94 valence electrons. The van der Waals surface area contributed by atoms with E-state index in [0.717, 1.165) is 21.9 Å². The largest absolute Gasteiger partial charge is 0.289 e. The molecule has 0 atom stereocenters. The Morgan fingerprint density at radius 1 is 0.895 bits per heavy atom. The lowest BCUT2D eigenvalue weighted by molar-refractivity contribution is 0.103. The monoisotopic (exact) mass is 248 g/mol. The van der Waals surface area contributed by atoms with Crippen molar-refractivity contribution in [1.29, 1.82) is 0 Å². The van der Waals surface area contributed by atoms with Crippen molar-refractivity contribution in [2.75, 3.05) is 0 Å². The van der Waals surface area contributed by atoms with Crippen LogP contribution in [-0.4, -0.2) is 5.78 Å². The summed E-state index contributed by atoms with van der Waals surface area (Å²) in [6.45, 7) is 6.23. The lowest BCUT2D eigenvalue weighted by Gasteiger charge is -2.17. The Hall–Kier alpha value is -2.15. The highest BCUT2D eigenvalue weighted by Gasteiger charge is 2.21. The van der Waals surface area contributed by atoms with Gasteiger partial charge < -0.3 is 0 Å². The SMILES string of the molecule is C/C=c1/c(C)ccc2c1=C(C)c1ccccc1C2=O. The van der Waals surface area contributed by atoms with E-state index in [-0.39, 0.29) is 5.78 Å². The number of hydrogen-bond donors (Lipinski definition) is 0. The second-order valence-corrected chi connectivity index (χ2v) is 5.01. The number of carbonyl (C=O) groups excluding carboxylic acids is 1. The van der Waals surface area contributed by atoms with Crippen LogP contribution in [0.4, 0.5) is 0 Å². The third kappa shape index (κ3) is 1.58. The first-order valence-electron chi connectivity index (χ1n) is 6.56. The van der Waals surface area contributed by atoms with Crippen LogP contribution in [0.25, 0.3) is 11.6 Å². The number of aryl methyl sites for hydroxylation is 1. The van der Waals surface area contributed by atoms with E-state index in [2.05, 4.69) is 19.9 Å². The molecule has 0 fully saturated rings. The molecule has 1 aliphatic rings. The summed E-state index contributed by atoms with van der Waals surface area (Å²) < 4.78 is 0. The molecule has 1 aliphatic carbocycles. The maximum absolute atomic E-state index is 12.6. The van der Waals surface area contributed by atoms with Crippen molar-refractivity contribution >= 4 is 17.4 Å². The minimum atomic E-state index is 0.138. The molecule has 0 aliphatic heterocycles. The molecular formula is C18H16O. The number of fused-ring (bicyclic) bond motifs is 2. The Bertz CT molecular complexity index is 810. The third-order valence-electron chi connectivity index (χ3n) is 3.95. The molecule has 0 spiro atoms. The molecule has 19 heavy (non-hydrogen) atoms. The van der Waals surface area contributed by atoms with E-state index in [1.165, 1.54) is 16.4 Å². The van der Waals surface area contributed by atoms with E-state index in [1.807, 2.05) is 43.3 Å². The molecule has 0 amide bonds. The van der Waals surface area contributed by atoms with E-state index < -0.39 is 0 Å². The van der Waals surface area contributed by atoms with Crippen molar-refractivity contribution in [2.24, 2.45) is 0 Å². The van der Waals surface area contributed by atoms with Crippen LogP contribution < -0.4 is 10.4 Å². The zero-order valence-electron chi connectivity index (χ0n) is 11.4. The second-order valence-electron chi connectivity index (χ2n) is 5.01. The molecule has 0 saturated carbocycles. The van der Waals surface area contributed by atoms with Crippen molar-refractivity contribution in [3.05, 3.63) is 69.1 Å². The maximum Gasteiger partial charge on any atom is 0.194 e. The zero-order valence-corrected chi connectivity index (χ0v) is 11.4. The zero-order chi connectivity index (χ0) is 13.6. The van der Waals surface area contributed by atoms with Crippen LogP contribution in [-0.2, 0) is 0 Å². The predicted molar refractivity (Wildman–Crippen MR) is 78.6 cm³/mol. The predicted octanol–water partition coefficient (Wildman–Crippen LogP) is 2.56. The molecule has 2 aromatic carbocycles. The molecule has 0 heterocycles. The number of hydrogen-bond acceptors (Lipinski definition) is 1. The molecule has 0 bridgehead atoms. The molecule has 0 radical (unpaired) electrons. The first-order valence-corrected chi connectivity index (χ1v) is 6.56. The van der Waals surface area contributed by atoms with E-state index in [0.29, 0.717) is 0 Å². The lowest BCUT2D eigenvalue weighted by atomic mass is 9.85. The first-order chi connectivity index (χ1) is 9.15. The fourth-order valence-electron chi connectivity index (χ4n) is 2.98. The maximum atomic E-state index is 12.6. The Morgan fingerprint density at radius 3 is 2.26 bits per heavy atom.